The number of nitrogens with zero attached hydrogens (tertiary/aromatic N) is 3. The Balaban J connectivity index is 1.93. The van der Waals surface area contributed by atoms with Gasteiger partial charge < -0.3 is 8.98 Å². The van der Waals surface area contributed by atoms with Gasteiger partial charge in [0.05, 0.1) is 23.6 Å². The Hall–Kier alpha value is -2.89. The second kappa shape index (κ2) is 5.33. The number of rotatable bonds is 3. The highest BCUT2D eigenvalue weighted by atomic mass is 19.1. The van der Waals surface area contributed by atoms with Crippen LogP contribution in [0.1, 0.15) is 18.2 Å². The molecule has 0 aliphatic heterocycles. The summed E-state index contributed by atoms with van der Waals surface area (Å²) >= 11 is 0. The van der Waals surface area contributed by atoms with Gasteiger partial charge in [0.25, 0.3) is 5.56 Å². The first-order valence-corrected chi connectivity index (χ1v) is 7.81. The Morgan fingerprint density at radius 1 is 1.29 bits per heavy atom. The highest BCUT2D eigenvalue weighted by molar-refractivity contribution is 6.04. The molecule has 0 N–H and O–H groups in total. The van der Waals surface area contributed by atoms with E-state index in [1.165, 1.54) is 16.8 Å². The molecule has 0 aliphatic carbocycles. The summed E-state index contributed by atoms with van der Waals surface area (Å²) in [5, 5.41) is 4.96. The van der Waals surface area contributed by atoms with Crippen LogP contribution >= 0.6 is 0 Å². The van der Waals surface area contributed by atoms with Crippen molar-refractivity contribution in [2.75, 3.05) is 0 Å². The van der Waals surface area contributed by atoms with Crippen LogP contribution in [0.2, 0.25) is 0 Å². The molecule has 4 aromatic rings. The van der Waals surface area contributed by atoms with Crippen molar-refractivity contribution >= 4 is 22.0 Å². The summed E-state index contributed by atoms with van der Waals surface area (Å²) < 4.78 is 22.4. The number of aromatic nitrogens is 3. The van der Waals surface area contributed by atoms with Crippen molar-refractivity contribution in [1.82, 2.24) is 14.3 Å². The van der Waals surface area contributed by atoms with E-state index in [1.54, 1.807) is 18.3 Å². The van der Waals surface area contributed by atoms with E-state index < -0.39 is 0 Å². The van der Waals surface area contributed by atoms with Gasteiger partial charge in [0.1, 0.15) is 17.1 Å². The number of halogens is 1. The maximum absolute atomic E-state index is 13.4. The van der Waals surface area contributed by atoms with Crippen LogP contribution in [0.15, 0.2) is 45.7 Å². The molecule has 3 aromatic heterocycles. The van der Waals surface area contributed by atoms with Crippen molar-refractivity contribution in [2.45, 2.75) is 26.9 Å². The average Bonchev–Trinajstić information content (AvgIpc) is 3.05. The summed E-state index contributed by atoms with van der Waals surface area (Å²) in [6, 6.07) is 8.11. The fraction of sp³-hybridized carbons (Fsp3) is 0.222. The molecule has 4 rings (SSSR count). The van der Waals surface area contributed by atoms with Gasteiger partial charge in [-0.15, -0.1) is 0 Å². The van der Waals surface area contributed by atoms with Crippen LogP contribution in [0.25, 0.3) is 22.0 Å². The summed E-state index contributed by atoms with van der Waals surface area (Å²) in [5.74, 6) is 0.472. The summed E-state index contributed by atoms with van der Waals surface area (Å²) in [6.07, 6.45) is 1.65. The second-order valence-corrected chi connectivity index (χ2v) is 5.82. The number of furan rings is 1. The van der Waals surface area contributed by atoms with Crippen LogP contribution in [-0.2, 0) is 13.1 Å². The Morgan fingerprint density at radius 3 is 2.88 bits per heavy atom. The molecule has 0 amide bonds. The minimum Gasteiger partial charge on any atom is -0.459 e. The monoisotopic (exact) mass is 325 g/mol. The number of hydrogen-bond acceptors (Lipinski definition) is 3. The fourth-order valence-corrected chi connectivity index (χ4v) is 3.17. The zero-order valence-electron chi connectivity index (χ0n) is 13.4. The SMILES string of the molecule is CCn1c2cc(C)oc2c2cnn(Cc3cccc(F)c3)c(=O)c21. The molecular weight excluding hydrogens is 309 g/mol. The molecule has 1 aromatic carbocycles. The van der Waals surface area contributed by atoms with Gasteiger partial charge in [-0.2, -0.15) is 5.10 Å². The third-order valence-corrected chi connectivity index (χ3v) is 4.20. The smallest absolute Gasteiger partial charge is 0.291 e. The summed E-state index contributed by atoms with van der Waals surface area (Å²) in [5.41, 5.74) is 2.64. The third kappa shape index (κ3) is 2.14. The van der Waals surface area contributed by atoms with Crippen LogP contribution < -0.4 is 5.56 Å². The normalized spacial score (nSPS) is 11.6. The molecule has 0 saturated heterocycles. The van der Waals surface area contributed by atoms with Gasteiger partial charge in [0.2, 0.25) is 0 Å². The second-order valence-electron chi connectivity index (χ2n) is 5.82. The minimum atomic E-state index is -0.327. The molecule has 122 valence electrons. The predicted octanol–water partition coefficient (Wildman–Crippen LogP) is 3.46. The lowest BCUT2D eigenvalue weighted by molar-refractivity contribution is 0.581. The van der Waals surface area contributed by atoms with Crippen molar-refractivity contribution in [3.05, 3.63) is 64.0 Å². The van der Waals surface area contributed by atoms with Crippen molar-refractivity contribution in [1.29, 1.82) is 0 Å². The first kappa shape index (κ1) is 14.7. The Morgan fingerprint density at radius 2 is 2.12 bits per heavy atom. The van der Waals surface area contributed by atoms with Crippen LogP contribution in [0.4, 0.5) is 4.39 Å². The molecular formula is C18H16FN3O2. The number of hydrogen-bond donors (Lipinski definition) is 0. The zero-order valence-corrected chi connectivity index (χ0v) is 13.4. The summed E-state index contributed by atoms with van der Waals surface area (Å²) in [6.45, 7) is 4.74. The lowest BCUT2D eigenvalue weighted by atomic mass is 10.2. The van der Waals surface area contributed by atoms with Gasteiger partial charge in [-0.25, -0.2) is 9.07 Å². The van der Waals surface area contributed by atoms with Crippen molar-refractivity contribution in [3.63, 3.8) is 0 Å². The summed E-state index contributed by atoms with van der Waals surface area (Å²) in [4.78, 5) is 12.9. The van der Waals surface area contributed by atoms with E-state index in [-0.39, 0.29) is 17.9 Å². The van der Waals surface area contributed by atoms with Crippen LogP contribution in [0.3, 0.4) is 0 Å². The van der Waals surface area contributed by atoms with Gasteiger partial charge in [-0.1, -0.05) is 12.1 Å². The standard InChI is InChI=1S/C18H16FN3O2/c1-3-21-15-7-11(2)24-17(15)14-9-20-22(18(23)16(14)21)10-12-5-4-6-13(19)8-12/h4-9H,3,10H2,1-2H3. The highest BCUT2D eigenvalue weighted by Gasteiger charge is 2.18. The third-order valence-electron chi connectivity index (χ3n) is 4.20. The molecule has 0 unspecified atom stereocenters. The molecule has 0 spiro atoms. The number of fused-ring (bicyclic) bond motifs is 3. The highest BCUT2D eigenvalue weighted by Crippen LogP contribution is 2.29. The molecule has 0 bridgehead atoms. The Bertz CT molecular complexity index is 1120. The van der Waals surface area contributed by atoms with E-state index in [2.05, 4.69) is 5.10 Å². The van der Waals surface area contributed by atoms with E-state index in [9.17, 15) is 9.18 Å². The molecule has 24 heavy (non-hydrogen) atoms. The van der Waals surface area contributed by atoms with Crippen LogP contribution in [0.5, 0.6) is 0 Å². The molecule has 0 saturated carbocycles. The number of benzene rings is 1. The lowest BCUT2D eigenvalue weighted by Crippen LogP contribution is -2.24. The van der Waals surface area contributed by atoms with Crippen molar-refractivity contribution in [2.24, 2.45) is 0 Å². The predicted molar refractivity (Wildman–Crippen MR) is 89.7 cm³/mol. The van der Waals surface area contributed by atoms with Gasteiger partial charge in [-0.05, 0) is 31.5 Å². The van der Waals surface area contributed by atoms with Crippen molar-refractivity contribution in [3.8, 4) is 0 Å². The van der Waals surface area contributed by atoms with E-state index in [0.717, 1.165) is 11.3 Å². The maximum atomic E-state index is 13.4. The van der Waals surface area contributed by atoms with E-state index >= 15 is 0 Å². The minimum absolute atomic E-state index is 0.206. The lowest BCUT2D eigenvalue weighted by Gasteiger charge is -2.07. The van der Waals surface area contributed by atoms with Crippen molar-refractivity contribution < 1.29 is 8.81 Å². The van der Waals surface area contributed by atoms with Gasteiger partial charge in [0.15, 0.2) is 5.58 Å². The fourth-order valence-electron chi connectivity index (χ4n) is 3.17. The van der Waals surface area contributed by atoms with E-state index in [0.29, 0.717) is 28.6 Å². The van der Waals surface area contributed by atoms with Gasteiger partial charge >= 0.3 is 0 Å². The molecule has 5 nitrogen and oxygen atoms in total. The zero-order chi connectivity index (χ0) is 16.8. The molecule has 3 heterocycles. The Kier molecular flexibility index (Phi) is 3.26. The average molecular weight is 325 g/mol. The quantitative estimate of drug-likeness (QED) is 0.579. The van der Waals surface area contributed by atoms with E-state index in [1.807, 2.05) is 24.5 Å². The van der Waals surface area contributed by atoms with Gasteiger partial charge in [0, 0.05) is 12.6 Å². The van der Waals surface area contributed by atoms with E-state index in [4.69, 9.17) is 4.42 Å². The molecule has 0 atom stereocenters. The largest absolute Gasteiger partial charge is 0.459 e. The first-order chi connectivity index (χ1) is 11.6. The Labute approximate surface area is 136 Å². The molecule has 0 radical (unpaired) electrons. The first-order valence-electron chi connectivity index (χ1n) is 7.81. The molecule has 0 aliphatic rings. The summed E-state index contributed by atoms with van der Waals surface area (Å²) in [7, 11) is 0. The maximum Gasteiger partial charge on any atom is 0.291 e. The topological polar surface area (TPSA) is 53.0 Å². The van der Waals surface area contributed by atoms with Crippen LogP contribution in [0, 0.1) is 12.7 Å². The van der Waals surface area contributed by atoms with Crippen LogP contribution in [-0.4, -0.2) is 14.3 Å². The molecule has 6 heteroatoms. The molecule has 0 fully saturated rings. The number of aryl methyl sites for hydroxylation is 2. The van der Waals surface area contributed by atoms with Gasteiger partial charge in [-0.3, -0.25) is 4.79 Å².